The topological polar surface area (TPSA) is 26.3 Å². The lowest BCUT2D eigenvalue weighted by atomic mass is 9.69. The molecular formula is C5H2B3F3O2. The first-order chi connectivity index (χ1) is 5.74. The van der Waals surface area contributed by atoms with Crippen LogP contribution in [0, 0.1) is 0 Å². The van der Waals surface area contributed by atoms with Crippen LogP contribution in [0.25, 0.3) is 0 Å². The average Bonchev–Trinajstić information content (AvgIpc) is 1.97. The highest BCUT2D eigenvalue weighted by Crippen LogP contribution is 2.15. The zero-order chi connectivity index (χ0) is 10.6. The molecule has 64 valence electrons. The smallest absolute Gasteiger partial charge is 0.422 e. The van der Waals surface area contributed by atoms with Gasteiger partial charge in [-0.25, -0.2) is 4.79 Å². The van der Waals surface area contributed by atoms with Gasteiger partial charge in [0, 0.05) is 0 Å². The maximum absolute atomic E-state index is 11.5. The summed E-state index contributed by atoms with van der Waals surface area (Å²) in [7, 11) is 14.5. The van der Waals surface area contributed by atoms with Gasteiger partial charge in [-0.1, -0.05) is 0 Å². The molecule has 8 heteroatoms. The highest BCUT2D eigenvalue weighted by molar-refractivity contribution is 6.55. The van der Waals surface area contributed by atoms with Gasteiger partial charge in [0.2, 0.25) is 0 Å². The van der Waals surface area contributed by atoms with Crippen molar-refractivity contribution in [1.29, 1.82) is 0 Å². The van der Waals surface area contributed by atoms with E-state index in [-0.39, 0.29) is 0 Å². The van der Waals surface area contributed by atoms with Crippen molar-refractivity contribution < 1.29 is 22.7 Å². The van der Waals surface area contributed by atoms with E-state index >= 15 is 0 Å². The Morgan fingerprint density at radius 2 is 1.69 bits per heavy atom. The Hall–Kier alpha value is -0.805. The van der Waals surface area contributed by atoms with Crippen molar-refractivity contribution >= 4 is 29.5 Å². The molecule has 0 heterocycles. The molecule has 0 saturated carbocycles. The normalized spacial score (nSPS) is 10.7. The third-order valence-corrected chi connectivity index (χ3v) is 0.898. The molecule has 0 atom stereocenters. The summed E-state index contributed by atoms with van der Waals surface area (Å²) in [5.41, 5.74) is -0.732. The van der Waals surface area contributed by atoms with Gasteiger partial charge < -0.3 is 4.74 Å². The maximum Gasteiger partial charge on any atom is 0.422 e. The van der Waals surface area contributed by atoms with Crippen LogP contribution in [-0.4, -0.2) is 42.3 Å². The van der Waals surface area contributed by atoms with E-state index in [0.29, 0.717) is 0 Å². The van der Waals surface area contributed by atoms with Crippen LogP contribution < -0.4 is 0 Å². The molecule has 2 nitrogen and oxygen atoms in total. The SMILES string of the molecule is [B]C([B])=C([B])C(=O)OCC(F)(F)F. The summed E-state index contributed by atoms with van der Waals surface area (Å²) in [5, 5.41) is -0.577. The summed E-state index contributed by atoms with van der Waals surface area (Å²) in [4.78, 5) is 10.6. The van der Waals surface area contributed by atoms with E-state index in [1.165, 1.54) is 0 Å². The van der Waals surface area contributed by atoms with Gasteiger partial charge in [0.1, 0.15) is 7.85 Å². The predicted molar refractivity (Wildman–Crippen MR) is 41.3 cm³/mol. The molecular weight excluding hydrogens is 181 g/mol. The Morgan fingerprint density at radius 3 is 2.00 bits per heavy atom. The molecule has 0 spiro atoms. The van der Waals surface area contributed by atoms with Gasteiger partial charge in [-0.2, -0.15) is 18.5 Å². The van der Waals surface area contributed by atoms with E-state index < -0.39 is 29.6 Å². The number of hydrogen-bond donors (Lipinski definition) is 0. The number of ether oxygens (including phenoxy) is 1. The van der Waals surface area contributed by atoms with Crippen molar-refractivity contribution in [1.82, 2.24) is 0 Å². The Bertz CT molecular complexity index is 232. The second-order valence-corrected chi connectivity index (χ2v) is 2.06. The number of carbonyl (C=O) groups excluding carboxylic acids is 1. The fraction of sp³-hybridized carbons (Fsp3) is 0.400. The zero-order valence-electron chi connectivity index (χ0n) is 6.39. The molecule has 0 fully saturated rings. The van der Waals surface area contributed by atoms with Crippen molar-refractivity contribution in [2.45, 2.75) is 6.18 Å². The predicted octanol–water partition coefficient (Wildman–Crippen LogP) is -0.234. The minimum Gasteiger partial charge on any atom is -0.453 e. The fourth-order valence-electron chi connectivity index (χ4n) is 0.343. The van der Waals surface area contributed by atoms with Crippen LogP contribution in [0.5, 0.6) is 0 Å². The first-order valence-corrected chi connectivity index (χ1v) is 2.98. The zero-order valence-corrected chi connectivity index (χ0v) is 6.39. The summed E-state index contributed by atoms with van der Waals surface area (Å²) < 4.78 is 38.2. The number of esters is 1. The Balaban J connectivity index is 4.12. The van der Waals surface area contributed by atoms with Crippen molar-refractivity contribution in [2.75, 3.05) is 6.61 Å². The molecule has 0 amide bonds. The second-order valence-electron chi connectivity index (χ2n) is 2.06. The van der Waals surface area contributed by atoms with E-state index in [2.05, 4.69) is 4.74 Å². The van der Waals surface area contributed by atoms with E-state index in [9.17, 15) is 18.0 Å². The molecule has 0 rings (SSSR count). The summed E-state index contributed by atoms with van der Waals surface area (Å²) in [6, 6.07) is 0. The number of alkyl halides is 3. The summed E-state index contributed by atoms with van der Waals surface area (Å²) >= 11 is 0. The monoisotopic (exact) mass is 184 g/mol. The van der Waals surface area contributed by atoms with Gasteiger partial charge in [-0.3, -0.25) is 0 Å². The molecule has 0 unspecified atom stereocenters. The van der Waals surface area contributed by atoms with E-state index in [1.807, 2.05) is 0 Å². The molecule has 0 bridgehead atoms. The maximum atomic E-state index is 11.5. The van der Waals surface area contributed by atoms with Gasteiger partial charge in [-0.15, -0.1) is 0 Å². The van der Waals surface area contributed by atoms with Gasteiger partial charge >= 0.3 is 12.1 Å². The van der Waals surface area contributed by atoms with Crippen LogP contribution in [0.2, 0.25) is 0 Å². The quantitative estimate of drug-likeness (QED) is 0.336. The van der Waals surface area contributed by atoms with E-state index in [4.69, 9.17) is 23.5 Å². The lowest BCUT2D eigenvalue weighted by molar-refractivity contribution is -0.183. The lowest BCUT2D eigenvalue weighted by Gasteiger charge is -2.09. The second kappa shape index (κ2) is 4.44. The van der Waals surface area contributed by atoms with Crippen LogP contribution in [0.1, 0.15) is 0 Å². The molecule has 0 aromatic heterocycles. The van der Waals surface area contributed by atoms with Crippen LogP contribution in [0.15, 0.2) is 10.8 Å². The van der Waals surface area contributed by atoms with Crippen molar-refractivity contribution in [3.63, 3.8) is 0 Å². The molecule has 13 heavy (non-hydrogen) atoms. The largest absolute Gasteiger partial charge is 0.453 e. The first kappa shape index (κ1) is 12.2. The van der Waals surface area contributed by atoms with Gasteiger partial charge in [0.25, 0.3) is 0 Å². The van der Waals surface area contributed by atoms with Crippen molar-refractivity contribution in [3.8, 4) is 0 Å². The number of carbonyl (C=O) groups is 1. The van der Waals surface area contributed by atoms with Crippen LogP contribution >= 0.6 is 0 Å². The van der Waals surface area contributed by atoms with Crippen LogP contribution in [0.3, 0.4) is 0 Å². The number of halogens is 3. The molecule has 0 aromatic carbocycles. The molecule has 0 aliphatic rings. The Morgan fingerprint density at radius 1 is 1.23 bits per heavy atom. The number of hydrogen-bond acceptors (Lipinski definition) is 2. The Kier molecular flexibility index (Phi) is 4.16. The third-order valence-electron chi connectivity index (χ3n) is 0.898. The lowest BCUT2D eigenvalue weighted by Crippen LogP contribution is -2.22. The summed E-state index contributed by atoms with van der Waals surface area (Å²) in [6.45, 7) is -1.72. The molecule has 0 N–H and O–H groups in total. The minimum absolute atomic E-state index is 0.577. The van der Waals surface area contributed by atoms with Crippen LogP contribution in [-0.2, 0) is 9.53 Å². The Labute approximate surface area is 76.7 Å². The third kappa shape index (κ3) is 5.44. The first-order valence-electron chi connectivity index (χ1n) is 2.98. The molecule has 0 aliphatic heterocycles. The van der Waals surface area contributed by atoms with E-state index in [1.54, 1.807) is 0 Å². The van der Waals surface area contributed by atoms with Gasteiger partial charge in [0.15, 0.2) is 6.61 Å². The van der Waals surface area contributed by atoms with Gasteiger partial charge in [0.05, 0.1) is 15.7 Å². The average molecular weight is 183 g/mol. The van der Waals surface area contributed by atoms with E-state index in [0.717, 1.165) is 0 Å². The van der Waals surface area contributed by atoms with Crippen molar-refractivity contribution in [3.05, 3.63) is 10.8 Å². The number of rotatable bonds is 2. The minimum atomic E-state index is -4.60. The standard InChI is InChI=1S/C5H2B3F3O2/c6-2(3(7)8)4(12)13-1-5(9,10)11/h1H2. The summed E-state index contributed by atoms with van der Waals surface area (Å²) in [5.74, 6) is -1.39. The molecule has 0 aromatic rings. The van der Waals surface area contributed by atoms with Crippen LogP contribution in [0.4, 0.5) is 13.2 Å². The molecule has 0 aliphatic carbocycles. The fourth-order valence-corrected chi connectivity index (χ4v) is 0.343. The highest BCUT2D eigenvalue weighted by atomic mass is 19.4. The highest BCUT2D eigenvalue weighted by Gasteiger charge is 2.29. The van der Waals surface area contributed by atoms with Gasteiger partial charge in [-0.05, 0) is 5.47 Å². The van der Waals surface area contributed by atoms with Crippen molar-refractivity contribution in [2.24, 2.45) is 0 Å². The molecule has 6 radical (unpaired) electrons. The summed E-state index contributed by atoms with van der Waals surface area (Å²) in [6.07, 6.45) is -4.60. The molecule has 0 saturated heterocycles.